The zero-order valence-corrected chi connectivity index (χ0v) is 12.9. The van der Waals surface area contributed by atoms with Crippen molar-refractivity contribution >= 4 is 28.1 Å². The molecule has 0 amide bonds. The van der Waals surface area contributed by atoms with Crippen LogP contribution in [0.4, 0.5) is 5.13 Å². The Morgan fingerprint density at radius 2 is 2.42 bits per heavy atom. The molecule has 1 aromatic rings. The number of aromatic nitrogens is 1. The fraction of sp³-hybridized carbons (Fsp3) is 0.692. The molecule has 1 fully saturated rings. The summed E-state index contributed by atoms with van der Waals surface area (Å²) in [6, 6.07) is 2.46. The number of hydrogen-bond donors (Lipinski definition) is 1. The second-order valence-electron chi connectivity index (χ2n) is 5.19. The van der Waals surface area contributed by atoms with Crippen LogP contribution in [0.15, 0.2) is 0 Å². The second kappa shape index (κ2) is 6.56. The molecule has 0 radical (unpaired) electrons. The van der Waals surface area contributed by atoms with Gasteiger partial charge in [-0.3, -0.25) is 0 Å². The molecule has 1 aliphatic rings. The lowest BCUT2D eigenvalue weighted by Gasteiger charge is -2.32. The average Bonchev–Trinajstić information content (AvgIpc) is 2.77. The molecule has 1 N–H and O–H groups in total. The van der Waals surface area contributed by atoms with Gasteiger partial charge in [-0.05, 0) is 45.7 Å². The van der Waals surface area contributed by atoms with Gasteiger partial charge in [-0.15, -0.1) is 0 Å². The highest BCUT2D eigenvalue weighted by Crippen LogP contribution is 2.31. The second-order valence-corrected chi connectivity index (χ2v) is 6.52. The van der Waals surface area contributed by atoms with E-state index in [2.05, 4.69) is 35.1 Å². The molecule has 0 bridgehead atoms. The summed E-state index contributed by atoms with van der Waals surface area (Å²) >= 11 is 7.36. The molecule has 4 nitrogen and oxygen atoms in total. The van der Waals surface area contributed by atoms with Crippen LogP contribution in [-0.2, 0) is 0 Å². The predicted octanol–water partition coefficient (Wildman–Crippen LogP) is 2.88. The number of anilines is 1. The number of hydrogen-bond acceptors (Lipinski definition) is 5. The van der Waals surface area contributed by atoms with Crippen molar-refractivity contribution in [2.24, 2.45) is 5.92 Å². The minimum Gasteiger partial charge on any atom is -0.345 e. The summed E-state index contributed by atoms with van der Waals surface area (Å²) in [4.78, 5) is 7.10. The SMILES string of the molecule is CC(C)N(CC1CCCNC1)c1nc(Cl)c(C#N)s1. The molecule has 0 aliphatic carbocycles. The van der Waals surface area contributed by atoms with Gasteiger partial charge in [0.25, 0.3) is 0 Å². The van der Waals surface area contributed by atoms with Gasteiger partial charge in [-0.25, -0.2) is 4.98 Å². The molecule has 2 rings (SSSR count). The van der Waals surface area contributed by atoms with E-state index >= 15 is 0 Å². The number of thiazole rings is 1. The number of nitriles is 1. The predicted molar refractivity (Wildman–Crippen MR) is 79.9 cm³/mol. The van der Waals surface area contributed by atoms with E-state index in [0.29, 0.717) is 22.0 Å². The maximum Gasteiger partial charge on any atom is 0.188 e. The van der Waals surface area contributed by atoms with Gasteiger partial charge in [0.15, 0.2) is 10.3 Å². The van der Waals surface area contributed by atoms with Crippen LogP contribution in [0.3, 0.4) is 0 Å². The third kappa shape index (κ3) is 3.59. The Kier molecular flexibility index (Phi) is 5.03. The van der Waals surface area contributed by atoms with Crippen LogP contribution in [0.5, 0.6) is 0 Å². The molecular weight excluding hydrogens is 280 g/mol. The number of rotatable bonds is 4. The van der Waals surface area contributed by atoms with Crippen LogP contribution < -0.4 is 10.2 Å². The van der Waals surface area contributed by atoms with Crippen LogP contribution >= 0.6 is 22.9 Å². The highest BCUT2D eigenvalue weighted by Gasteiger charge is 2.22. The summed E-state index contributed by atoms with van der Waals surface area (Å²) in [6.07, 6.45) is 2.49. The summed E-state index contributed by atoms with van der Waals surface area (Å²) in [5, 5.41) is 13.6. The zero-order chi connectivity index (χ0) is 13.8. The molecule has 19 heavy (non-hydrogen) atoms. The van der Waals surface area contributed by atoms with Gasteiger partial charge >= 0.3 is 0 Å². The summed E-state index contributed by atoms with van der Waals surface area (Å²) in [5.74, 6) is 0.643. The lowest BCUT2D eigenvalue weighted by atomic mass is 9.99. The monoisotopic (exact) mass is 298 g/mol. The molecule has 1 atom stereocenters. The molecule has 1 unspecified atom stereocenters. The smallest absolute Gasteiger partial charge is 0.188 e. The molecule has 6 heteroatoms. The Morgan fingerprint density at radius 3 is 2.95 bits per heavy atom. The van der Waals surface area contributed by atoms with E-state index in [1.165, 1.54) is 24.2 Å². The van der Waals surface area contributed by atoms with E-state index < -0.39 is 0 Å². The Bertz CT molecular complexity index is 460. The first-order chi connectivity index (χ1) is 9.11. The Hall–Kier alpha value is -0.830. The molecule has 0 spiro atoms. The van der Waals surface area contributed by atoms with E-state index in [9.17, 15) is 0 Å². The van der Waals surface area contributed by atoms with Gasteiger partial charge in [-0.1, -0.05) is 22.9 Å². The van der Waals surface area contributed by atoms with Crippen molar-refractivity contribution in [3.8, 4) is 6.07 Å². The zero-order valence-electron chi connectivity index (χ0n) is 11.3. The molecule has 1 saturated heterocycles. The third-order valence-electron chi connectivity index (χ3n) is 3.40. The maximum atomic E-state index is 8.98. The van der Waals surface area contributed by atoms with Gasteiger partial charge in [0, 0.05) is 12.6 Å². The third-order valence-corrected chi connectivity index (χ3v) is 4.78. The Morgan fingerprint density at radius 1 is 1.63 bits per heavy atom. The normalized spacial score (nSPS) is 19.4. The number of nitrogens with zero attached hydrogens (tertiary/aromatic N) is 3. The molecule has 1 aliphatic heterocycles. The van der Waals surface area contributed by atoms with Crippen molar-refractivity contribution < 1.29 is 0 Å². The molecular formula is C13H19ClN4S. The lowest BCUT2D eigenvalue weighted by Crippen LogP contribution is -2.41. The van der Waals surface area contributed by atoms with Crippen molar-refractivity contribution in [3.63, 3.8) is 0 Å². The van der Waals surface area contributed by atoms with Crippen LogP contribution in [-0.4, -0.2) is 30.7 Å². The quantitative estimate of drug-likeness (QED) is 0.928. The summed E-state index contributed by atoms with van der Waals surface area (Å²) in [7, 11) is 0. The van der Waals surface area contributed by atoms with Crippen LogP contribution in [0.25, 0.3) is 0 Å². The minimum atomic E-state index is 0.329. The van der Waals surface area contributed by atoms with Crippen LogP contribution in [0.1, 0.15) is 31.6 Å². The topological polar surface area (TPSA) is 52.0 Å². The number of nitrogens with one attached hydrogen (secondary N) is 1. The van der Waals surface area contributed by atoms with Crippen LogP contribution in [0, 0.1) is 17.2 Å². The van der Waals surface area contributed by atoms with Crippen molar-refractivity contribution in [2.45, 2.75) is 32.7 Å². The molecule has 0 aromatic carbocycles. The highest BCUT2D eigenvalue weighted by molar-refractivity contribution is 7.16. The number of halogens is 1. The number of piperidine rings is 1. The first kappa shape index (κ1) is 14.6. The van der Waals surface area contributed by atoms with Crippen LogP contribution in [0.2, 0.25) is 5.15 Å². The Balaban J connectivity index is 2.12. The first-order valence-electron chi connectivity index (χ1n) is 6.65. The van der Waals surface area contributed by atoms with Gasteiger partial charge in [0.2, 0.25) is 0 Å². The van der Waals surface area contributed by atoms with Crippen molar-refractivity contribution in [1.82, 2.24) is 10.3 Å². The average molecular weight is 299 g/mol. The molecule has 0 saturated carbocycles. The van der Waals surface area contributed by atoms with E-state index in [1.807, 2.05) is 0 Å². The Labute approximate surface area is 123 Å². The minimum absolute atomic E-state index is 0.329. The summed E-state index contributed by atoms with van der Waals surface area (Å²) in [6.45, 7) is 7.46. The summed E-state index contributed by atoms with van der Waals surface area (Å²) < 4.78 is 0. The van der Waals surface area contributed by atoms with Gasteiger partial charge in [0.1, 0.15) is 10.9 Å². The van der Waals surface area contributed by atoms with E-state index in [1.54, 1.807) is 0 Å². The van der Waals surface area contributed by atoms with Crippen molar-refractivity contribution in [2.75, 3.05) is 24.5 Å². The van der Waals surface area contributed by atoms with Gasteiger partial charge in [-0.2, -0.15) is 5.26 Å². The van der Waals surface area contributed by atoms with Crippen molar-refractivity contribution in [3.05, 3.63) is 10.0 Å². The fourth-order valence-corrected chi connectivity index (χ4v) is 3.54. The van der Waals surface area contributed by atoms with E-state index in [-0.39, 0.29) is 0 Å². The van der Waals surface area contributed by atoms with Crippen molar-refractivity contribution in [1.29, 1.82) is 5.26 Å². The lowest BCUT2D eigenvalue weighted by molar-refractivity contribution is 0.371. The molecule has 1 aromatic heterocycles. The van der Waals surface area contributed by atoms with E-state index in [4.69, 9.17) is 16.9 Å². The maximum absolute atomic E-state index is 8.98. The molecule has 104 valence electrons. The van der Waals surface area contributed by atoms with Gasteiger partial charge < -0.3 is 10.2 Å². The fourth-order valence-electron chi connectivity index (χ4n) is 2.35. The van der Waals surface area contributed by atoms with E-state index in [0.717, 1.165) is 24.8 Å². The standard InChI is InChI=1S/C13H19ClN4S/c1-9(2)18(8-10-4-3-5-16-7-10)13-17-12(14)11(6-15)19-13/h9-10,16H,3-5,7-8H2,1-2H3. The highest BCUT2D eigenvalue weighted by atomic mass is 35.5. The van der Waals surface area contributed by atoms with Gasteiger partial charge in [0.05, 0.1) is 0 Å². The first-order valence-corrected chi connectivity index (χ1v) is 7.85. The largest absolute Gasteiger partial charge is 0.345 e. The molecule has 2 heterocycles. The summed E-state index contributed by atoms with van der Waals surface area (Å²) in [5.41, 5.74) is 0.